The first-order chi connectivity index (χ1) is 24.0. The number of aryl methyl sites for hydroxylation is 2. The molecule has 4 heterocycles. The van der Waals surface area contributed by atoms with Crippen molar-refractivity contribution in [3.63, 3.8) is 0 Å². The van der Waals surface area contributed by atoms with Crippen molar-refractivity contribution in [2.24, 2.45) is 7.05 Å². The van der Waals surface area contributed by atoms with Crippen LogP contribution in [0.1, 0.15) is 34.9 Å². The number of hydrogen-bond donors (Lipinski definition) is 0. The van der Waals surface area contributed by atoms with E-state index in [9.17, 15) is 22.0 Å². The van der Waals surface area contributed by atoms with Gasteiger partial charge in [-0.15, -0.1) is 0 Å². The maximum atomic E-state index is 15.0. The minimum atomic E-state index is -4.11. The highest BCUT2D eigenvalue weighted by atomic mass is 32.2. The summed E-state index contributed by atoms with van der Waals surface area (Å²) in [6, 6.07) is 19.4. The number of sulfone groups is 1. The fraction of sp³-hybridized carbons (Fsp3) is 0.222. The highest BCUT2D eigenvalue weighted by molar-refractivity contribution is 7.91. The van der Waals surface area contributed by atoms with Gasteiger partial charge in [-0.2, -0.15) is 0 Å². The van der Waals surface area contributed by atoms with Gasteiger partial charge < -0.3 is 23.3 Å². The van der Waals surface area contributed by atoms with E-state index in [0.717, 1.165) is 17.1 Å². The summed E-state index contributed by atoms with van der Waals surface area (Å²) in [4.78, 5) is 25.6. The molecule has 0 aliphatic carbocycles. The minimum absolute atomic E-state index is 0.00180. The number of fused-ring (bicyclic) bond motifs is 2. The maximum absolute atomic E-state index is 15.0. The summed E-state index contributed by atoms with van der Waals surface area (Å²) < 4.78 is 76.9. The third-order valence-corrected chi connectivity index (χ3v) is 9.92. The van der Waals surface area contributed by atoms with E-state index in [0.29, 0.717) is 33.9 Å². The third-order valence-electron chi connectivity index (χ3n) is 8.41. The summed E-state index contributed by atoms with van der Waals surface area (Å²) in [5.74, 6) is -0.766. The van der Waals surface area contributed by atoms with Crippen LogP contribution in [0.25, 0.3) is 22.3 Å². The molecule has 0 radical (unpaired) electrons. The van der Waals surface area contributed by atoms with Crippen molar-refractivity contribution >= 4 is 20.9 Å². The van der Waals surface area contributed by atoms with Crippen LogP contribution in [0.5, 0.6) is 11.5 Å². The Labute approximate surface area is 285 Å². The highest BCUT2D eigenvalue weighted by Crippen LogP contribution is 2.33. The molecule has 3 aromatic carbocycles. The van der Waals surface area contributed by atoms with Crippen LogP contribution in [0, 0.1) is 18.6 Å². The van der Waals surface area contributed by atoms with Crippen LogP contribution in [0.4, 0.5) is 8.78 Å². The molecule has 6 aromatic rings. The van der Waals surface area contributed by atoms with E-state index in [4.69, 9.17) is 14.2 Å². The van der Waals surface area contributed by atoms with E-state index in [1.54, 1.807) is 49.6 Å². The standard InChI is InChI=1S/C36H31F2N5O6S/c1-22-13-30(26-15-28(38)35(44)43(18-26)17-23-7-10-33-34(14-23)49-21-48-33)41-36(40-22)50(45,46)12-11-32(47-19-25-5-3-4-6-27(25)37)24-8-9-29-31(16-24)42(2)20-39-29/h3-10,13-16,18,20,32H,11-12,17,19,21H2,1-2H3. The van der Waals surface area contributed by atoms with Crippen LogP contribution in [0.2, 0.25) is 0 Å². The number of pyridine rings is 1. The van der Waals surface area contributed by atoms with Crippen LogP contribution in [-0.2, 0) is 34.8 Å². The molecule has 14 heteroatoms. The Morgan fingerprint density at radius 1 is 0.960 bits per heavy atom. The molecule has 0 fully saturated rings. The van der Waals surface area contributed by atoms with E-state index in [1.165, 1.54) is 22.9 Å². The molecule has 0 amide bonds. The molecular weight excluding hydrogens is 668 g/mol. The van der Waals surface area contributed by atoms with Gasteiger partial charge in [0.1, 0.15) is 5.82 Å². The van der Waals surface area contributed by atoms with Crippen molar-refractivity contribution in [2.45, 2.75) is 37.8 Å². The topological polar surface area (TPSA) is 127 Å². The lowest BCUT2D eigenvalue weighted by atomic mass is 10.1. The Morgan fingerprint density at radius 2 is 1.78 bits per heavy atom. The maximum Gasteiger partial charge on any atom is 0.286 e. The zero-order valence-electron chi connectivity index (χ0n) is 27.0. The predicted molar refractivity (Wildman–Crippen MR) is 179 cm³/mol. The number of ether oxygens (including phenoxy) is 3. The van der Waals surface area contributed by atoms with Crippen LogP contribution in [-0.4, -0.2) is 45.0 Å². The van der Waals surface area contributed by atoms with E-state index < -0.39 is 44.0 Å². The summed E-state index contributed by atoms with van der Waals surface area (Å²) in [5.41, 5.74) is 3.08. The van der Waals surface area contributed by atoms with Crippen molar-refractivity contribution in [2.75, 3.05) is 12.5 Å². The van der Waals surface area contributed by atoms with Gasteiger partial charge in [0.15, 0.2) is 17.3 Å². The molecule has 0 saturated carbocycles. The Morgan fingerprint density at radius 3 is 2.62 bits per heavy atom. The van der Waals surface area contributed by atoms with Crippen molar-refractivity contribution in [3.8, 4) is 22.8 Å². The second kappa shape index (κ2) is 13.4. The fourth-order valence-corrected chi connectivity index (χ4v) is 7.00. The van der Waals surface area contributed by atoms with Crippen LogP contribution < -0.4 is 15.0 Å². The lowest BCUT2D eigenvalue weighted by Gasteiger charge is -2.19. The molecule has 11 nitrogen and oxygen atoms in total. The first-order valence-electron chi connectivity index (χ1n) is 15.7. The average Bonchev–Trinajstić information content (AvgIpc) is 3.73. The van der Waals surface area contributed by atoms with E-state index in [-0.39, 0.29) is 37.6 Å². The summed E-state index contributed by atoms with van der Waals surface area (Å²) in [6.07, 6.45) is 2.37. The zero-order valence-corrected chi connectivity index (χ0v) is 27.9. The van der Waals surface area contributed by atoms with Crippen LogP contribution >= 0.6 is 0 Å². The van der Waals surface area contributed by atoms with Gasteiger partial charge in [-0.25, -0.2) is 32.2 Å². The molecule has 0 N–H and O–H groups in total. The molecule has 0 saturated heterocycles. The van der Waals surface area contributed by atoms with E-state index in [1.807, 2.05) is 29.8 Å². The van der Waals surface area contributed by atoms with Gasteiger partial charge in [-0.1, -0.05) is 30.3 Å². The first-order valence-corrected chi connectivity index (χ1v) is 17.3. The second-order valence-corrected chi connectivity index (χ2v) is 14.0. The summed E-state index contributed by atoms with van der Waals surface area (Å²) >= 11 is 0. The lowest BCUT2D eigenvalue weighted by Crippen LogP contribution is -2.23. The van der Waals surface area contributed by atoms with Gasteiger partial charge >= 0.3 is 0 Å². The van der Waals surface area contributed by atoms with E-state index in [2.05, 4.69) is 15.0 Å². The number of halogens is 2. The number of benzene rings is 3. The number of rotatable bonds is 11. The highest BCUT2D eigenvalue weighted by Gasteiger charge is 2.25. The smallest absolute Gasteiger partial charge is 0.286 e. The molecule has 50 heavy (non-hydrogen) atoms. The first kappa shape index (κ1) is 33.0. The minimum Gasteiger partial charge on any atom is -0.454 e. The molecule has 1 aliphatic heterocycles. The number of nitrogens with zero attached hydrogens (tertiary/aromatic N) is 5. The fourth-order valence-electron chi connectivity index (χ4n) is 5.77. The number of aromatic nitrogens is 5. The van der Waals surface area contributed by atoms with Gasteiger partial charge in [-0.3, -0.25) is 4.79 Å². The van der Waals surface area contributed by atoms with Crippen molar-refractivity contribution in [1.82, 2.24) is 24.1 Å². The number of hydrogen-bond acceptors (Lipinski definition) is 9. The van der Waals surface area contributed by atoms with Gasteiger partial charge in [0.2, 0.25) is 21.8 Å². The molecule has 1 unspecified atom stereocenters. The Hall–Kier alpha value is -5.47. The zero-order chi connectivity index (χ0) is 35.0. The Bertz CT molecular complexity index is 2410. The van der Waals surface area contributed by atoms with Crippen LogP contribution in [0.15, 0.2) is 95.3 Å². The summed E-state index contributed by atoms with van der Waals surface area (Å²) in [5, 5.41) is -0.448. The Kier molecular flexibility index (Phi) is 8.89. The van der Waals surface area contributed by atoms with Crippen molar-refractivity contribution < 1.29 is 31.4 Å². The van der Waals surface area contributed by atoms with Crippen LogP contribution in [0.3, 0.4) is 0 Å². The SMILES string of the molecule is Cc1cc(-c2cc(F)c(=O)n(Cc3ccc4c(c3)OCO4)c2)nc(S(=O)(=O)CCC(OCc2ccccc2F)c2ccc3ncn(C)c3c2)n1. The van der Waals surface area contributed by atoms with Gasteiger partial charge in [0.25, 0.3) is 5.56 Å². The molecule has 1 atom stereocenters. The summed E-state index contributed by atoms with van der Waals surface area (Å²) in [6.45, 7) is 1.63. The quantitative estimate of drug-likeness (QED) is 0.157. The molecule has 0 bridgehead atoms. The van der Waals surface area contributed by atoms with Gasteiger partial charge in [0, 0.05) is 30.1 Å². The molecule has 1 aliphatic rings. The van der Waals surface area contributed by atoms with Gasteiger partial charge in [-0.05, 0) is 66.9 Å². The van der Waals surface area contributed by atoms with Gasteiger partial charge in [0.05, 0.1) is 48.1 Å². The lowest BCUT2D eigenvalue weighted by molar-refractivity contribution is 0.0362. The van der Waals surface area contributed by atoms with E-state index >= 15 is 0 Å². The average molecular weight is 700 g/mol. The van der Waals surface area contributed by atoms with Crippen molar-refractivity contribution in [1.29, 1.82) is 0 Å². The molecular formula is C36H31F2N5O6S. The molecule has 7 rings (SSSR count). The van der Waals surface area contributed by atoms with Crippen molar-refractivity contribution in [3.05, 3.63) is 130 Å². The monoisotopic (exact) mass is 699 g/mol. The largest absolute Gasteiger partial charge is 0.454 e. The molecule has 3 aromatic heterocycles. The Balaban J connectivity index is 1.16. The molecule has 256 valence electrons. The summed E-state index contributed by atoms with van der Waals surface area (Å²) in [7, 11) is -2.26. The second-order valence-electron chi connectivity index (χ2n) is 12.0. The normalized spacial score (nSPS) is 13.2. The predicted octanol–water partition coefficient (Wildman–Crippen LogP) is 5.68. The third kappa shape index (κ3) is 6.84. The number of imidazole rings is 1. The molecule has 0 spiro atoms.